The molecular formula is C26H35N3O3. The van der Waals surface area contributed by atoms with Gasteiger partial charge in [-0.1, -0.05) is 48.5 Å². The minimum absolute atomic E-state index is 0.142. The third-order valence-electron chi connectivity index (χ3n) is 5.70. The molecule has 1 aliphatic heterocycles. The largest absolute Gasteiger partial charge is 0.370 e. The zero-order valence-corrected chi connectivity index (χ0v) is 19.5. The van der Waals surface area contributed by atoms with E-state index in [1.165, 1.54) is 0 Å². The van der Waals surface area contributed by atoms with Crippen molar-refractivity contribution < 1.29 is 14.3 Å². The summed E-state index contributed by atoms with van der Waals surface area (Å²) in [5.74, 6) is -0.305. The first-order valence-corrected chi connectivity index (χ1v) is 11.2. The third kappa shape index (κ3) is 7.18. The summed E-state index contributed by atoms with van der Waals surface area (Å²) in [6, 6.07) is 17.3. The summed E-state index contributed by atoms with van der Waals surface area (Å²) in [7, 11) is 0. The minimum Gasteiger partial charge on any atom is -0.370 e. The first kappa shape index (κ1) is 24.0. The molecule has 1 aliphatic rings. The van der Waals surface area contributed by atoms with E-state index in [1.807, 2.05) is 82.3 Å². The van der Waals surface area contributed by atoms with E-state index < -0.39 is 17.2 Å². The van der Waals surface area contributed by atoms with Crippen molar-refractivity contribution in [2.45, 2.75) is 70.7 Å². The van der Waals surface area contributed by atoms with Crippen LogP contribution in [0, 0.1) is 0 Å². The first-order valence-electron chi connectivity index (χ1n) is 11.2. The number of benzene rings is 2. The van der Waals surface area contributed by atoms with Crippen molar-refractivity contribution in [2.24, 2.45) is 0 Å². The number of anilines is 1. The van der Waals surface area contributed by atoms with E-state index in [0.29, 0.717) is 19.6 Å². The molecule has 0 bridgehead atoms. The highest BCUT2D eigenvalue weighted by molar-refractivity contribution is 5.98. The van der Waals surface area contributed by atoms with Crippen LogP contribution in [0.4, 0.5) is 5.69 Å². The molecule has 0 radical (unpaired) electrons. The number of carbonyl (C=O) groups is 2. The monoisotopic (exact) mass is 437 g/mol. The Kier molecular flexibility index (Phi) is 7.69. The second-order valence-corrected chi connectivity index (χ2v) is 9.75. The van der Waals surface area contributed by atoms with Gasteiger partial charge in [-0.25, -0.2) is 0 Å². The first-order chi connectivity index (χ1) is 15.1. The molecule has 0 saturated carbocycles. The number of carbonyl (C=O) groups excluding carboxylic acids is 2. The standard InChI is InChI=1S/C26H35N3O3/c1-25(2,27-18-26(3,4)32-17-19-10-6-5-7-11-19)16-23(30)28-22-15-14-20-12-8-9-13-21(20)29-24(22)31/h5-13,22,27H,14-18H2,1-4H3,(H,28,30)(H,29,31)/t22-/m1/s1. The molecule has 6 nitrogen and oxygen atoms in total. The molecule has 2 aromatic rings. The Labute approximate surface area is 191 Å². The Morgan fingerprint density at radius 2 is 1.75 bits per heavy atom. The minimum atomic E-state index is -0.531. The Bertz CT molecular complexity index is 925. The second-order valence-electron chi connectivity index (χ2n) is 9.75. The van der Waals surface area contributed by atoms with Crippen LogP contribution in [0.15, 0.2) is 54.6 Å². The predicted octanol–water partition coefficient (Wildman–Crippen LogP) is 3.81. The molecule has 3 N–H and O–H groups in total. The van der Waals surface area contributed by atoms with Crippen LogP contribution in [0.2, 0.25) is 0 Å². The molecule has 1 heterocycles. The van der Waals surface area contributed by atoms with E-state index in [2.05, 4.69) is 16.0 Å². The molecule has 0 saturated heterocycles. The molecule has 2 amide bonds. The highest BCUT2D eigenvalue weighted by atomic mass is 16.5. The number of fused-ring (bicyclic) bond motifs is 1. The Balaban J connectivity index is 1.47. The molecule has 6 heteroatoms. The fraction of sp³-hybridized carbons (Fsp3) is 0.462. The molecular weight excluding hydrogens is 402 g/mol. The fourth-order valence-corrected chi connectivity index (χ4v) is 3.71. The van der Waals surface area contributed by atoms with Gasteiger partial charge < -0.3 is 20.7 Å². The number of amides is 2. The zero-order valence-electron chi connectivity index (χ0n) is 19.5. The van der Waals surface area contributed by atoms with Crippen molar-refractivity contribution in [2.75, 3.05) is 11.9 Å². The van der Waals surface area contributed by atoms with Gasteiger partial charge in [0.1, 0.15) is 6.04 Å². The normalized spacial score (nSPS) is 16.6. The molecule has 0 fully saturated rings. The van der Waals surface area contributed by atoms with Gasteiger partial charge in [-0.3, -0.25) is 9.59 Å². The number of aryl methyl sites for hydroxylation is 1. The topological polar surface area (TPSA) is 79.5 Å². The lowest BCUT2D eigenvalue weighted by atomic mass is 9.97. The van der Waals surface area contributed by atoms with Gasteiger partial charge in [0.15, 0.2) is 0 Å². The van der Waals surface area contributed by atoms with Crippen molar-refractivity contribution in [1.82, 2.24) is 10.6 Å². The second kappa shape index (κ2) is 10.3. The number of rotatable bonds is 9. The van der Waals surface area contributed by atoms with E-state index in [0.717, 1.165) is 23.2 Å². The molecule has 1 atom stereocenters. The van der Waals surface area contributed by atoms with E-state index in [1.54, 1.807) is 0 Å². The highest BCUT2D eigenvalue weighted by Crippen LogP contribution is 2.22. The van der Waals surface area contributed by atoms with E-state index in [-0.39, 0.29) is 18.2 Å². The molecule has 0 spiro atoms. The van der Waals surface area contributed by atoms with Gasteiger partial charge in [0.2, 0.25) is 11.8 Å². The van der Waals surface area contributed by atoms with Gasteiger partial charge >= 0.3 is 0 Å². The molecule has 0 unspecified atom stereocenters. The lowest BCUT2D eigenvalue weighted by Gasteiger charge is -2.33. The van der Waals surface area contributed by atoms with Crippen LogP contribution in [0.5, 0.6) is 0 Å². The number of nitrogens with one attached hydrogen (secondary N) is 3. The molecule has 0 aliphatic carbocycles. The average Bonchev–Trinajstić information content (AvgIpc) is 2.90. The van der Waals surface area contributed by atoms with Crippen molar-refractivity contribution in [3.63, 3.8) is 0 Å². The third-order valence-corrected chi connectivity index (χ3v) is 5.70. The lowest BCUT2D eigenvalue weighted by Crippen LogP contribution is -2.51. The number of hydrogen-bond donors (Lipinski definition) is 3. The SMILES string of the molecule is CC(C)(CC(=O)N[C@@H]1CCc2ccccc2NC1=O)NCC(C)(C)OCc1ccccc1. The average molecular weight is 438 g/mol. The van der Waals surface area contributed by atoms with Crippen LogP contribution in [0.3, 0.4) is 0 Å². The van der Waals surface area contributed by atoms with Crippen molar-refractivity contribution in [1.29, 1.82) is 0 Å². The van der Waals surface area contributed by atoms with Crippen LogP contribution in [-0.4, -0.2) is 35.5 Å². The van der Waals surface area contributed by atoms with E-state index >= 15 is 0 Å². The Morgan fingerprint density at radius 1 is 1.06 bits per heavy atom. The maximum atomic E-state index is 12.7. The van der Waals surface area contributed by atoms with Crippen LogP contribution in [0.1, 0.15) is 51.7 Å². The number of hydrogen-bond acceptors (Lipinski definition) is 4. The predicted molar refractivity (Wildman–Crippen MR) is 127 cm³/mol. The van der Waals surface area contributed by atoms with E-state index in [9.17, 15) is 9.59 Å². The lowest BCUT2D eigenvalue weighted by molar-refractivity contribution is -0.127. The highest BCUT2D eigenvalue weighted by Gasteiger charge is 2.29. The summed E-state index contributed by atoms with van der Waals surface area (Å²) in [5.41, 5.74) is 2.22. The molecule has 32 heavy (non-hydrogen) atoms. The Hall–Kier alpha value is -2.70. The van der Waals surface area contributed by atoms with Gasteiger partial charge in [-0.05, 0) is 57.7 Å². The summed E-state index contributed by atoms with van der Waals surface area (Å²) < 4.78 is 6.08. The molecule has 0 aromatic heterocycles. The van der Waals surface area contributed by atoms with Crippen molar-refractivity contribution >= 4 is 17.5 Å². The zero-order chi connectivity index (χ0) is 23.2. The summed E-state index contributed by atoms with van der Waals surface area (Å²) in [4.78, 5) is 25.3. The quantitative estimate of drug-likeness (QED) is 0.557. The summed E-state index contributed by atoms with van der Waals surface area (Å²) in [6.07, 6.45) is 1.59. The van der Waals surface area contributed by atoms with Crippen LogP contribution in [0.25, 0.3) is 0 Å². The maximum Gasteiger partial charge on any atom is 0.246 e. The smallest absolute Gasteiger partial charge is 0.246 e. The summed E-state index contributed by atoms with van der Waals surface area (Å²) in [6.45, 7) is 9.18. The van der Waals surface area contributed by atoms with Crippen molar-refractivity contribution in [3.8, 4) is 0 Å². The van der Waals surface area contributed by atoms with Gasteiger partial charge in [0.05, 0.1) is 12.2 Å². The number of para-hydroxylation sites is 1. The van der Waals surface area contributed by atoms with Gasteiger partial charge in [-0.2, -0.15) is 0 Å². The van der Waals surface area contributed by atoms with Gasteiger partial charge in [-0.15, -0.1) is 0 Å². The molecule has 2 aromatic carbocycles. The maximum absolute atomic E-state index is 12.7. The summed E-state index contributed by atoms with van der Waals surface area (Å²) >= 11 is 0. The van der Waals surface area contributed by atoms with Crippen LogP contribution < -0.4 is 16.0 Å². The molecule has 3 rings (SSSR count). The van der Waals surface area contributed by atoms with Crippen molar-refractivity contribution in [3.05, 3.63) is 65.7 Å². The number of ether oxygens (including phenoxy) is 1. The fourth-order valence-electron chi connectivity index (χ4n) is 3.71. The van der Waals surface area contributed by atoms with E-state index in [4.69, 9.17) is 4.74 Å². The van der Waals surface area contributed by atoms with Gasteiger partial charge in [0, 0.05) is 24.2 Å². The van der Waals surface area contributed by atoms with Gasteiger partial charge in [0.25, 0.3) is 0 Å². The summed E-state index contributed by atoms with van der Waals surface area (Å²) in [5, 5.41) is 9.30. The van der Waals surface area contributed by atoms with Crippen LogP contribution in [-0.2, 0) is 27.4 Å². The molecule has 172 valence electrons. The van der Waals surface area contributed by atoms with Crippen LogP contribution >= 0.6 is 0 Å². The Morgan fingerprint density at radius 3 is 2.50 bits per heavy atom.